The van der Waals surface area contributed by atoms with Crippen LogP contribution < -0.4 is 0 Å². The molecule has 1 aromatic carbocycles. The molecular formula is C21H26N2O4. The zero-order chi connectivity index (χ0) is 19.4. The summed E-state index contributed by atoms with van der Waals surface area (Å²) in [5.41, 5.74) is 0.657. The van der Waals surface area contributed by atoms with E-state index in [1.165, 1.54) is 0 Å². The summed E-state index contributed by atoms with van der Waals surface area (Å²) in [6.45, 7) is 4.93. The van der Waals surface area contributed by atoms with Gasteiger partial charge in [-0.05, 0) is 31.2 Å². The summed E-state index contributed by atoms with van der Waals surface area (Å²) in [6.07, 6.45) is 2.65. The lowest BCUT2D eigenvalue weighted by molar-refractivity contribution is -0.145. The number of aliphatic carboxylic acids is 1. The van der Waals surface area contributed by atoms with Gasteiger partial charge in [-0.15, -0.1) is 0 Å². The third-order valence-corrected chi connectivity index (χ3v) is 5.78. The van der Waals surface area contributed by atoms with Crippen LogP contribution in [0.2, 0.25) is 0 Å². The number of carbonyl (C=O) groups is 2. The Hall–Kier alpha value is -2.63. The van der Waals surface area contributed by atoms with Gasteiger partial charge in [-0.1, -0.05) is 49.3 Å². The van der Waals surface area contributed by atoms with Crippen LogP contribution in [0.1, 0.15) is 67.3 Å². The highest BCUT2D eigenvalue weighted by atomic mass is 16.5. The molecule has 6 heteroatoms. The molecule has 0 saturated carbocycles. The van der Waals surface area contributed by atoms with E-state index in [9.17, 15) is 14.7 Å². The number of aromatic nitrogens is 1. The largest absolute Gasteiger partial charge is 0.481 e. The highest BCUT2D eigenvalue weighted by Crippen LogP contribution is 2.36. The highest BCUT2D eigenvalue weighted by Gasteiger charge is 2.44. The molecule has 6 nitrogen and oxygen atoms in total. The lowest BCUT2D eigenvalue weighted by atomic mass is 9.73. The van der Waals surface area contributed by atoms with Gasteiger partial charge in [0.05, 0.1) is 11.1 Å². The van der Waals surface area contributed by atoms with Crippen LogP contribution in [0.25, 0.3) is 0 Å². The second-order valence-corrected chi connectivity index (χ2v) is 7.17. The normalized spacial score (nSPS) is 16.5. The zero-order valence-corrected chi connectivity index (χ0v) is 15.9. The van der Waals surface area contributed by atoms with E-state index in [1.807, 2.05) is 30.3 Å². The molecule has 0 aliphatic carbocycles. The third kappa shape index (κ3) is 3.61. The van der Waals surface area contributed by atoms with E-state index in [1.54, 1.807) is 11.0 Å². The van der Waals surface area contributed by atoms with Crippen LogP contribution in [0, 0.1) is 0 Å². The van der Waals surface area contributed by atoms with Gasteiger partial charge in [0.25, 0.3) is 5.91 Å². The molecule has 1 aromatic heterocycles. The summed E-state index contributed by atoms with van der Waals surface area (Å²) in [6, 6.07) is 11.0. The van der Waals surface area contributed by atoms with Crippen LogP contribution in [-0.2, 0) is 10.2 Å². The lowest BCUT2D eigenvalue weighted by Gasteiger charge is -2.38. The monoisotopic (exact) mass is 370 g/mol. The Kier molecular flexibility index (Phi) is 5.63. The molecule has 0 bridgehead atoms. The number of rotatable bonds is 6. The number of piperidine rings is 1. The number of carbonyl (C=O) groups excluding carboxylic acids is 1. The van der Waals surface area contributed by atoms with Gasteiger partial charge in [0, 0.05) is 25.1 Å². The average molecular weight is 370 g/mol. The van der Waals surface area contributed by atoms with E-state index >= 15 is 0 Å². The fourth-order valence-electron chi connectivity index (χ4n) is 3.92. The summed E-state index contributed by atoms with van der Waals surface area (Å²) in [7, 11) is 0. The Labute approximate surface area is 159 Å². The van der Waals surface area contributed by atoms with Crippen molar-refractivity contribution in [2.24, 2.45) is 0 Å². The number of likely N-dealkylation sites (tertiary alicyclic amines) is 1. The smallest absolute Gasteiger partial charge is 0.314 e. The van der Waals surface area contributed by atoms with Gasteiger partial charge in [-0.2, -0.15) is 0 Å². The quantitative estimate of drug-likeness (QED) is 0.835. The maximum atomic E-state index is 12.8. The molecule has 27 heavy (non-hydrogen) atoms. The summed E-state index contributed by atoms with van der Waals surface area (Å²) < 4.78 is 5.29. The van der Waals surface area contributed by atoms with E-state index in [0.717, 1.165) is 24.1 Å². The van der Waals surface area contributed by atoms with Crippen LogP contribution in [0.4, 0.5) is 0 Å². The zero-order valence-electron chi connectivity index (χ0n) is 15.9. The second kappa shape index (κ2) is 7.94. The molecule has 1 N–H and O–H groups in total. The Bertz CT molecular complexity index is 788. The minimum absolute atomic E-state index is 0.216. The fourth-order valence-corrected chi connectivity index (χ4v) is 3.92. The van der Waals surface area contributed by atoms with Gasteiger partial charge >= 0.3 is 5.97 Å². The SMILES string of the molecule is CCC(CC)c1cc(C(=O)N2CCC(C(=O)O)(c3ccccc3)CC2)on1. The van der Waals surface area contributed by atoms with Gasteiger partial charge in [0.15, 0.2) is 0 Å². The van der Waals surface area contributed by atoms with Gasteiger partial charge in [0.2, 0.25) is 5.76 Å². The van der Waals surface area contributed by atoms with Crippen LogP contribution in [-0.4, -0.2) is 40.1 Å². The molecule has 1 amide bonds. The first-order chi connectivity index (χ1) is 13.0. The maximum absolute atomic E-state index is 12.8. The van der Waals surface area contributed by atoms with Gasteiger partial charge in [-0.3, -0.25) is 9.59 Å². The van der Waals surface area contributed by atoms with Crippen molar-refractivity contribution in [3.8, 4) is 0 Å². The number of carboxylic acids is 1. The minimum Gasteiger partial charge on any atom is -0.481 e. The molecule has 144 valence electrons. The standard InChI is InChI=1S/C21H26N2O4/c1-3-15(4-2)17-14-18(27-22-17)19(24)23-12-10-21(11-13-23,20(25)26)16-8-6-5-7-9-16/h5-9,14-15H,3-4,10-13H2,1-2H3,(H,25,26). The Morgan fingerprint density at radius 1 is 1.19 bits per heavy atom. The van der Waals surface area contributed by atoms with Crippen LogP contribution in [0.15, 0.2) is 40.9 Å². The maximum Gasteiger partial charge on any atom is 0.314 e. The molecule has 1 aliphatic heterocycles. The topological polar surface area (TPSA) is 83.6 Å². The number of hydrogen-bond donors (Lipinski definition) is 1. The van der Waals surface area contributed by atoms with E-state index in [0.29, 0.717) is 25.9 Å². The number of carboxylic acid groups (broad SMARTS) is 1. The lowest BCUT2D eigenvalue weighted by Crippen LogP contribution is -2.49. The first-order valence-electron chi connectivity index (χ1n) is 9.56. The predicted octanol–water partition coefficient (Wildman–Crippen LogP) is 3.84. The van der Waals surface area contributed by atoms with Gasteiger partial charge < -0.3 is 14.5 Å². The molecule has 1 aliphatic rings. The predicted molar refractivity (Wildman–Crippen MR) is 101 cm³/mol. The van der Waals surface area contributed by atoms with Crippen LogP contribution in [0.5, 0.6) is 0 Å². The average Bonchev–Trinajstić information content (AvgIpc) is 3.19. The van der Waals surface area contributed by atoms with E-state index in [2.05, 4.69) is 19.0 Å². The Morgan fingerprint density at radius 3 is 2.37 bits per heavy atom. The Balaban J connectivity index is 1.73. The van der Waals surface area contributed by atoms with Crippen molar-refractivity contribution in [1.82, 2.24) is 10.1 Å². The Morgan fingerprint density at radius 2 is 1.81 bits per heavy atom. The van der Waals surface area contributed by atoms with E-state index < -0.39 is 11.4 Å². The second-order valence-electron chi connectivity index (χ2n) is 7.17. The molecule has 1 fully saturated rings. The summed E-state index contributed by atoms with van der Waals surface area (Å²) in [4.78, 5) is 26.5. The minimum atomic E-state index is -0.944. The highest BCUT2D eigenvalue weighted by molar-refractivity contribution is 5.92. The van der Waals surface area contributed by atoms with Gasteiger partial charge in [0.1, 0.15) is 0 Å². The van der Waals surface area contributed by atoms with E-state index in [-0.39, 0.29) is 17.6 Å². The molecular weight excluding hydrogens is 344 g/mol. The van der Waals surface area contributed by atoms with Crippen LogP contribution >= 0.6 is 0 Å². The molecule has 0 radical (unpaired) electrons. The molecule has 0 atom stereocenters. The van der Waals surface area contributed by atoms with Crippen LogP contribution in [0.3, 0.4) is 0 Å². The van der Waals surface area contributed by atoms with Crippen molar-refractivity contribution in [1.29, 1.82) is 0 Å². The van der Waals surface area contributed by atoms with Crippen molar-refractivity contribution < 1.29 is 19.2 Å². The van der Waals surface area contributed by atoms with E-state index in [4.69, 9.17) is 4.52 Å². The summed E-state index contributed by atoms with van der Waals surface area (Å²) >= 11 is 0. The number of nitrogens with zero attached hydrogens (tertiary/aromatic N) is 2. The number of benzene rings is 1. The molecule has 2 aromatic rings. The van der Waals surface area contributed by atoms with Crippen molar-refractivity contribution >= 4 is 11.9 Å². The summed E-state index contributed by atoms with van der Waals surface area (Å²) in [5, 5.41) is 13.9. The number of hydrogen-bond acceptors (Lipinski definition) is 4. The molecule has 3 rings (SSSR count). The summed E-state index contributed by atoms with van der Waals surface area (Å²) in [5.74, 6) is -0.530. The molecule has 2 heterocycles. The first kappa shape index (κ1) is 19.1. The van der Waals surface area contributed by atoms with Crippen molar-refractivity contribution in [2.45, 2.75) is 50.9 Å². The van der Waals surface area contributed by atoms with Crippen molar-refractivity contribution in [2.75, 3.05) is 13.1 Å². The van der Waals surface area contributed by atoms with Crippen molar-refractivity contribution in [3.05, 3.63) is 53.4 Å². The third-order valence-electron chi connectivity index (χ3n) is 5.78. The number of amides is 1. The molecule has 0 unspecified atom stereocenters. The molecule has 0 spiro atoms. The first-order valence-corrected chi connectivity index (χ1v) is 9.56. The fraction of sp³-hybridized carbons (Fsp3) is 0.476. The van der Waals surface area contributed by atoms with Crippen molar-refractivity contribution in [3.63, 3.8) is 0 Å². The molecule has 1 saturated heterocycles. The van der Waals surface area contributed by atoms with Gasteiger partial charge in [-0.25, -0.2) is 0 Å².